The van der Waals surface area contributed by atoms with E-state index in [-0.39, 0.29) is 17.2 Å². The van der Waals surface area contributed by atoms with E-state index in [1.807, 2.05) is 12.1 Å². The number of piperazine rings is 1. The van der Waals surface area contributed by atoms with Gasteiger partial charge >= 0.3 is 0 Å². The lowest BCUT2D eigenvalue weighted by Gasteiger charge is -2.41. The van der Waals surface area contributed by atoms with Crippen LogP contribution < -0.4 is 21.3 Å². The molecule has 44 heavy (non-hydrogen) atoms. The second kappa shape index (κ2) is 11.2. The maximum absolute atomic E-state index is 15.4. The number of pyridine rings is 1. The molecule has 0 amide bonds. The van der Waals surface area contributed by atoms with Crippen molar-refractivity contribution >= 4 is 29.0 Å². The summed E-state index contributed by atoms with van der Waals surface area (Å²) in [6.45, 7) is 4.64. The Kier molecular flexibility index (Phi) is 7.04. The number of allylic oxidation sites excluding steroid dienone is 4. The number of nitrogen functional groups attached to an aromatic ring is 1. The Morgan fingerprint density at radius 3 is 2.61 bits per heavy atom. The van der Waals surface area contributed by atoms with Crippen molar-refractivity contribution in [3.8, 4) is 5.82 Å². The van der Waals surface area contributed by atoms with Gasteiger partial charge in [0.2, 0.25) is 11.9 Å². The van der Waals surface area contributed by atoms with Gasteiger partial charge in [-0.25, -0.2) is 9.37 Å². The molecule has 1 aromatic carbocycles. The summed E-state index contributed by atoms with van der Waals surface area (Å²) in [7, 11) is 0. The molecule has 2 fully saturated rings. The summed E-state index contributed by atoms with van der Waals surface area (Å²) in [6, 6.07) is 8.12. The van der Waals surface area contributed by atoms with E-state index in [0.29, 0.717) is 29.2 Å². The molecule has 4 aliphatic carbocycles. The van der Waals surface area contributed by atoms with Crippen LogP contribution in [0.15, 0.2) is 48.1 Å². The standard InChI is InChI=1S/C34H42FN9/c35-27-21-24(8-9-29(27)43-19-17-42(18-20-43)25-5-2-1-3-6-25)38-33-40-32(36)44(41-33)30-22-26(31-28(39-30)7-4-16-37-31)34-13-10-23(11-14-34)12-15-34/h8-11,13,21-22,25,37H,1-7,12,14-20H2,(H3,36,38,40,41). The monoisotopic (exact) mass is 595 g/mol. The molecule has 10 heteroatoms. The topological polar surface area (TPSA) is 100 Å². The first-order valence-electron chi connectivity index (χ1n) is 16.5. The fourth-order valence-corrected chi connectivity index (χ4v) is 8.01. The molecule has 1 atom stereocenters. The lowest BCUT2D eigenvalue weighted by molar-refractivity contribution is 0.147. The number of nitrogens with two attached hydrogens (primary N) is 1. The van der Waals surface area contributed by atoms with E-state index >= 15 is 4.39 Å². The molecule has 1 saturated heterocycles. The SMILES string of the molecule is Nc1nc(Nc2ccc(N3CCN(C4CCCCC4)CC3)c(F)c2)nn1-c1cc(C23C=CC(=CC2)CC3)c2c(n1)CCCN2. The summed E-state index contributed by atoms with van der Waals surface area (Å²) in [4.78, 5) is 14.2. The molecule has 6 aliphatic rings. The lowest BCUT2D eigenvalue weighted by Crippen LogP contribution is -2.51. The van der Waals surface area contributed by atoms with Crippen molar-refractivity contribution < 1.29 is 4.39 Å². The first-order chi connectivity index (χ1) is 21.5. The van der Waals surface area contributed by atoms with Crippen LogP contribution in [-0.2, 0) is 11.8 Å². The molecule has 230 valence electrons. The molecule has 2 bridgehead atoms. The van der Waals surface area contributed by atoms with Crippen LogP contribution >= 0.6 is 0 Å². The minimum Gasteiger partial charge on any atom is -0.383 e. The van der Waals surface area contributed by atoms with Gasteiger partial charge in [0.1, 0.15) is 5.82 Å². The normalized spacial score (nSPS) is 23.8. The van der Waals surface area contributed by atoms with Gasteiger partial charge in [-0.3, -0.25) is 4.90 Å². The van der Waals surface area contributed by atoms with Gasteiger partial charge in [0.05, 0.1) is 17.1 Å². The summed E-state index contributed by atoms with van der Waals surface area (Å²) in [5, 5.41) is 11.5. The van der Waals surface area contributed by atoms with Gasteiger partial charge in [0.15, 0.2) is 5.82 Å². The predicted molar refractivity (Wildman–Crippen MR) is 173 cm³/mol. The summed E-state index contributed by atoms with van der Waals surface area (Å²) in [5.74, 6) is 0.977. The fourth-order valence-electron chi connectivity index (χ4n) is 8.01. The number of nitrogens with zero attached hydrogens (tertiary/aromatic N) is 6. The number of nitrogens with one attached hydrogen (secondary N) is 2. The van der Waals surface area contributed by atoms with E-state index in [0.717, 1.165) is 76.2 Å². The van der Waals surface area contributed by atoms with Gasteiger partial charge < -0.3 is 21.3 Å². The summed E-state index contributed by atoms with van der Waals surface area (Å²) in [6.07, 6.45) is 18.8. The Balaban J connectivity index is 1.01. The number of rotatable bonds is 6. The van der Waals surface area contributed by atoms with Crippen LogP contribution in [0.2, 0.25) is 0 Å². The zero-order chi connectivity index (χ0) is 29.7. The number of fused-ring (bicyclic) bond motifs is 3. The smallest absolute Gasteiger partial charge is 0.248 e. The molecule has 4 heterocycles. The van der Waals surface area contributed by atoms with E-state index in [1.54, 1.807) is 4.68 Å². The van der Waals surface area contributed by atoms with Gasteiger partial charge in [0.25, 0.3) is 0 Å². The van der Waals surface area contributed by atoms with E-state index < -0.39 is 0 Å². The van der Waals surface area contributed by atoms with Crippen LogP contribution in [0.3, 0.4) is 0 Å². The molecule has 0 spiro atoms. The van der Waals surface area contributed by atoms with Crippen molar-refractivity contribution in [1.29, 1.82) is 0 Å². The first-order valence-corrected chi connectivity index (χ1v) is 16.5. The third kappa shape index (κ3) is 5.02. The second-order valence-electron chi connectivity index (χ2n) is 13.2. The first kappa shape index (κ1) is 27.6. The Labute approximate surface area is 258 Å². The predicted octanol–water partition coefficient (Wildman–Crippen LogP) is 5.86. The molecule has 2 aromatic heterocycles. The molecule has 4 N–H and O–H groups in total. The summed E-state index contributed by atoms with van der Waals surface area (Å²) >= 11 is 0. The number of aromatic nitrogens is 4. The minimum absolute atomic E-state index is 0.0495. The summed E-state index contributed by atoms with van der Waals surface area (Å²) in [5.41, 5.74) is 12.5. The Bertz CT molecular complexity index is 1610. The van der Waals surface area contributed by atoms with Gasteiger partial charge in [-0.2, -0.15) is 9.67 Å². The van der Waals surface area contributed by atoms with Crippen molar-refractivity contribution in [2.24, 2.45) is 0 Å². The fraction of sp³-hybridized carbons (Fsp3) is 0.500. The average molecular weight is 596 g/mol. The summed E-state index contributed by atoms with van der Waals surface area (Å²) < 4.78 is 17.0. The van der Waals surface area contributed by atoms with Crippen molar-refractivity contribution in [2.45, 2.75) is 75.7 Å². The van der Waals surface area contributed by atoms with Crippen molar-refractivity contribution in [3.63, 3.8) is 0 Å². The highest BCUT2D eigenvalue weighted by Gasteiger charge is 2.38. The van der Waals surface area contributed by atoms with Crippen LogP contribution in [0, 0.1) is 5.82 Å². The largest absolute Gasteiger partial charge is 0.383 e. The number of hydrogen-bond acceptors (Lipinski definition) is 8. The van der Waals surface area contributed by atoms with Crippen molar-refractivity contribution in [1.82, 2.24) is 24.6 Å². The Morgan fingerprint density at radius 2 is 1.86 bits per heavy atom. The van der Waals surface area contributed by atoms with Gasteiger partial charge in [-0.1, -0.05) is 43.1 Å². The number of anilines is 5. The highest BCUT2D eigenvalue weighted by Crippen LogP contribution is 2.48. The molecule has 1 unspecified atom stereocenters. The molecular formula is C34H42FN9. The number of halogens is 1. The van der Waals surface area contributed by atoms with E-state index in [4.69, 9.17) is 10.7 Å². The average Bonchev–Trinajstić information content (AvgIpc) is 3.45. The maximum Gasteiger partial charge on any atom is 0.248 e. The van der Waals surface area contributed by atoms with Gasteiger partial charge in [0, 0.05) is 49.9 Å². The molecule has 3 aromatic rings. The second-order valence-corrected chi connectivity index (χ2v) is 13.2. The minimum atomic E-state index is -0.244. The van der Waals surface area contributed by atoms with E-state index in [1.165, 1.54) is 49.3 Å². The quantitative estimate of drug-likeness (QED) is 0.326. The van der Waals surface area contributed by atoms with Gasteiger partial charge in [-0.05, 0) is 74.8 Å². The number of hydrogen-bond donors (Lipinski definition) is 3. The van der Waals surface area contributed by atoms with E-state index in [2.05, 4.69) is 54.8 Å². The zero-order valence-electron chi connectivity index (χ0n) is 25.4. The van der Waals surface area contributed by atoms with Crippen molar-refractivity contribution in [2.75, 3.05) is 54.0 Å². The molecule has 9 rings (SSSR count). The zero-order valence-corrected chi connectivity index (χ0v) is 25.4. The van der Waals surface area contributed by atoms with Crippen LogP contribution in [0.25, 0.3) is 5.82 Å². The van der Waals surface area contributed by atoms with Crippen LogP contribution in [0.4, 0.5) is 33.3 Å². The number of aryl methyl sites for hydroxylation is 1. The highest BCUT2D eigenvalue weighted by atomic mass is 19.1. The Hall–Kier alpha value is -3.92. The Morgan fingerprint density at radius 1 is 1.00 bits per heavy atom. The van der Waals surface area contributed by atoms with Crippen molar-refractivity contribution in [3.05, 3.63) is 65.1 Å². The van der Waals surface area contributed by atoms with Crippen LogP contribution in [0.1, 0.15) is 69.0 Å². The third-order valence-corrected chi connectivity index (χ3v) is 10.5. The van der Waals surface area contributed by atoms with Gasteiger partial charge in [-0.15, -0.1) is 5.10 Å². The van der Waals surface area contributed by atoms with E-state index in [9.17, 15) is 0 Å². The lowest BCUT2D eigenvalue weighted by atomic mass is 9.65. The third-order valence-electron chi connectivity index (χ3n) is 10.5. The molecule has 1 saturated carbocycles. The maximum atomic E-state index is 15.4. The highest BCUT2D eigenvalue weighted by molar-refractivity contribution is 5.65. The van der Waals surface area contributed by atoms with Crippen LogP contribution in [-0.4, -0.2) is 63.4 Å². The molecular weight excluding hydrogens is 553 g/mol. The van der Waals surface area contributed by atoms with Crippen LogP contribution in [0.5, 0.6) is 0 Å². The molecule has 2 aliphatic heterocycles. The molecule has 9 nitrogen and oxygen atoms in total. The number of benzene rings is 1. The molecule has 0 radical (unpaired) electrons.